The molecule has 0 spiro atoms. The van der Waals surface area contributed by atoms with Crippen molar-refractivity contribution in [2.24, 2.45) is 0 Å². The summed E-state index contributed by atoms with van der Waals surface area (Å²) in [6.45, 7) is -1.60. The number of esters is 1. The van der Waals surface area contributed by atoms with Crippen LogP contribution in [0, 0.1) is 0 Å². The number of anilines is 1. The maximum absolute atomic E-state index is 12.5. The minimum absolute atomic E-state index is 0.0262. The van der Waals surface area contributed by atoms with Crippen LogP contribution in [0.15, 0.2) is 60.7 Å². The number of ether oxygens (including phenoxy) is 3. The molecule has 156 valence electrons. The Hall–Kier alpha value is -3.68. The van der Waals surface area contributed by atoms with E-state index in [0.29, 0.717) is 5.69 Å². The minimum atomic E-state index is -3.03. The largest absolute Gasteiger partial charge is 0.493 e. The number of hydrogen-bond donors (Lipinski definition) is 1. The van der Waals surface area contributed by atoms with Gasteiger partial charge in [-0.2, -0.15) is 8.78 Å². The van der Waals surface area contributed by atoms with Gasteiger partial charge in [0.1, 0.15) is 0 Å². The van der Waals surface area contributed by atoms with E-state index in [4.69, 9.17) is 9.47 Å². The van der Waals surface area contributed by atoms with Crippen molar-refractivity contribution in [2.75, 3.05) is 12.4 Å². The van der Waals surface area contributed by atoms with E-state index in [1.165, 1.54) is 32.2 Å². The zero-order valence-electron chi connectivity index (χ0n) is 16.2. The number of carbonyl (C=O) groups excluding carboxylic acids is 2. The van der Waals surface area contributed by atoms with E-state index < -0.39 is 24.6 Å². The zero-order chi connectivity index (χ0) is 21.7. The maximum atomic E-state index is 12.5. The molecule has 3 aromatic rings. The van der Waals surface area contributed by atoms with E-state index >= 15 is 0 Å². The van der Waals surface area contributed by atoms with Gasteiger partial charge >= 0.3 is 12.6 Å². The van der Waals surface area contributed by atoms with Gasteiger partial charge in [-0.1, -0.05) is 36.4 Å². The van der Waals surface area contributed by atoms with Crippen LogP contribution >= 0.6 is 0 Å². The average molecular weight is 415 g/mol. The standard InChI is InChI=1S/C22H19F2NO5/c1-13(20(26)25-17-9-5-7-14-6-3-4-8-16(14)17)29-21(27)15-10-11-18(30-22(23)24)19(12-15)28-2/h3-13,22H,1-2H3,(H,25,26)/t13-/m1/s1. The van der Waals surface area contributed by atoms with Crippen molar-refractivity contribution >= 4 is 28.3 Å². The first-order chi connectivity index (χ1) is 14.4. The quantitative estimate of drug-likeness (QED) is 0.570. The molecule has 0 radical (unpaired) electrons. The van der Waals surface area contributed by atoms with E-state index in [1.54, 1.807) is 6.07 Å². The van der Waals surface area contributed by atoms with Gasteiger partial charge in [-0.25, -0.2) is 4.79 Å². The Morgan fingerprint density at radius 3 is 2.43 bits per heavy atom. The number of benzene rings is 3. The Morgan fingerprint density at radius 2 is 1.70 bits per heavy atom. The summed E-state index contributed by atoms with van der Waals surface area (Å²) in [7, 11) is 1.25. The van der Waals surface area contributed by atoms with Crippen molar-refractivity contribution in [2.45, 2.75) is 19.6 Å². The molecule has 0 aliphatic carbocycles. The normalized spacial score (nSPS) is 11.8. The van der Waals surface area contributed by atoms with E-state index in [-0.39, 0.29) is 17.1 Å². The fraction of sp³-hybridized carbons (Fsp3) is 0.182. The summed E-state index contributed by atoms with van der Waals surface area (Å²) in [5.41, 5.74) is 0.620. The summed E-state index contributed by atoms with van der Waals surface area (Å²) in [5.74, 6) is -1.59. The summed E-state index contributed by atoms with van der Waals surface area (Å²) in [5, 5.41) is 4.56. The predicted molar refractivity (Wildman–Crippen MR) is 107 cm³/mol. The van der Waals surface area contributed by atoms with Crippen molar-refractivity contribution in [1.29, 1.82) is 0 Å². The highest BCUT2D eigenvalue weighted by Crippen LogP contribution is 2.30. The fourth-order valence-electron chi connectivity index (χ4n) is 2.84. The molecule has 0 saturated carbocycles. The molecule has 3 aromatic carbocycles. The Bertz CT molecular complexity index is 1070. The van der Waals surface area contributed by atoms with Gasteiger partial charge in [0.25, 0.3) is 5.91 Å². The molecule has 3 rings (SSSR count). The number of hydrogen-bond acceptors (Lipinski definition) is 5. The van der Waals surface area contributed by atoms with E-state index in [2.05, 4.69) is 10.1 Å². The smallest absolute Gasteiger partial charge is 0.387 e. The van der Waals surface area contributed by atoms with Crippen molar-refractivity contribution in [3.63, 3.8) is 0 Å². The SMILES string of the molecule is COc1cc(C(=O)O[C@H](C)C(=O)Nc2cccc3ccccc23)ccc1OC(F)F. The third kappa shape index (κ3) is 4.83. The molecule has 0 aliphatic heterocycles. The number of alkyl halides is 2. The number of halogens is 2. The van der Waals surface area contributed by atoms with E-state index in [1.807, 2.05) is 36.4 Å². The van der Waals surface area contributed by atoms with Crippen molar-refractivity contribution in [1.82, 2.24) is 0 Å². The van der Waals surface area contributed by atoms with Crippen molar-refractivity contribution in [3.05, 3.63) is 66.2 Å². The molecular weight excluding hydrogens is 396 g/mol. The third-order valence-electron chi connectivity index (χ3n) is 4.32. The van der Waals surface area contributed by atoms with Gasteiger partial charge in [0, 0.05) is 11.1 Å². The molecule has 0 bridgehead atoms. The van der Waals surface area contributed by atoms with Crippen molar-refractivity contribution < 1.29 is 32.6 Å². The molecule has 1 N–H and O–H groups in total. The van der Waals surface area contributed by atoms with Crippen LogP contribution in [0.25, 0.3) is 10.8 Å². The van der Waals surface area contributed by atoms with Gasteiger partial charge in [-0.15, -0.1) is 0 Å². The lowest BCUT2D eigenvalue weighted by molar-refractivity contribution is -0.123. The van der Waals surface area contributed by atoms with Gasteiger partial charge in [-0.3, -0.25) is 4.79 Å². The molecule has 0 heterocycles. The first kappa shape index (κ1) is 21.0. The van der Waals surface area contributed by atoms with E-state index in [0.717, 1.165) is 10.8 Å². The molecule has 1 atom stereocenters. The number of rotatable bonds is 7. The molecule has 0 aromatic heterocycles. The Balaban J connectivity index is 1.69. The highest BCUT2D eigenvalue weighted by molar-refractivity contribution is 6.04. The zero-order valence-corrected chi connectivity index (χ0v) is 16.2. The number of methoxy groups -OCH3 is 1. The molecular formula is C22H19F2NO5. The summed E-state index contributed by atoms with van der Waals surface area (Å²) in [6.07, 6.45) is -1.10. The molecule has 0 unspecified atom stereocenters. The molecule has 1 amide bonds. The highest BCUT2D eigenvalue weighted by atomic mass is 19.3. The van der Waals surface area contributed by atoms with Gasteiger partial charge < -0.3 is 19.5 Å². The monoisotopic (exact) mass is 415 g/mol. The van der Waals surface area contributed by atoms with Crippen LogP contribution in [0.5, 0.6) is 11.5 Å². The Kier molecular flexibility index (Phi) is 6.46. The van der Waals surface area contributed by atoms with Gasteiger partial charge in [0.15, 0.2) is 17.6 Å². The predicted octanol–water partition coefficient (Wildman–Crippen LogP) is 4.63. The molecule has 30 heavy (non-hydrogen) atoms. The van der Waals surface area contributed by atoms with Gasteiger partial charge in [0.2, 0.25) is 0 Å². The van der Waals surface area contributed by atoms with Crippen molar-refractivity contribution in [3.8, 4) is 11.5 Å². The summed E-state index contributed by atoms with van der Waals surface area (Å²) in [4.78, 5) is 24.9. The molecule has 6 nitrogen and oxygen atoms in total. The third-order valence-corrected chi connectivity index (χ3v) is 4.32. The number of nitrogens with one attached hydrogen (secondary N) is 1. The van der Waals surface area contributed by atoms with E-state index in [9.17, 15) is 18.4 Å². The Morgan fingerprint density at radius 1 is 0.967 bits per heavy atom. The second-order valence-corrected chi connectivity index (χ2v) is 6.31. The summed E-state index contributed by atoms with van der Waals surface area (Å²) in [6, 6.07) is 16.6. The lowest BCUT2D eigenvalue weighted by Gasteiger charge is -2.15. The van der Waals surface area contributed by atoms with Gasteiger partial charge in [-0.05, 0) is 36.6 Å². The van der Waals surface area contributed by atoms with Gasteiger partial charge in [0.05, 0.1) is 12.7 Å². The first-order valence-electron chi connectivity index (χ1n) is 9.01. The number of carbonyl (C=O) groups is 2. The van der Waals surface area contributed by atoms with Crippen LogP contribution in [0.2, 0.25) is 0 Å². The Labute approximate surface area is 171 Å². The fourth-order valence-corrected chi connectivity index (χ4v) is 2.84. The molecule has 0 fully saturated rings. The van der Waals surface area contributed by atoms with Crippen LogP contribution in [-0.4, -0.2) is 31.7 Å². The van der Waals surface area contributed by atoms with Crippen LogP contribution in [0.1, 0.15) is 17.3 Å². The molecule has 0 saturated heterocycles. The summed E-state index contributed by atoms with van der Waals surface area (Å²) < 4.78 is 39.3. The lowest BCUT2D eigenvalue weighted by atomic mass is 10.1. The van der Waals surface area contributed by atoms with Crippen LogP contribution < -0.4 is 14.8 Å². The summed E-state index contributed by atoms with van der Waals surface area (Å²) >= 11 is 0. The van der Waals surface area contributed by atoms with Crippen LogP contribution in [0.4, 0.5) is 14.5 Å². The first-order valence-corrected chi connectivity index (χ1v) is 9.01. The topological polar surface area (TPSA) is 73.9 Å². The number of fused-ring (bicyclic) bond motifs is 1. The molecule has 0 aliphatic rings. The van der Waals surface area contributed by atoms with Crippen LogP contribution in [-0.2, 0) is 9.53 Å². The average Bonchev–Trinajstić information content (AvgIpc) is 2.73. The molecule has 8 heteroatoms. The number of amides is 1. The second-order valence-electron chi connectivity index (χ2n) is 6.31. The minimum Gasteiger partial charge on any atom is -0.493 e. The lowest BCUT2D eigenvalue weighted by Crippen LogP contribution is -2.30. The maximum Gasteiger partial charge on any atom is 0.387 e. The van der Waals surface area contributed by atoms with Crippen LogP contribution in [0.3, 0.4) is 0 Å². The second kappa shape index (κ2) is 9.21. The highest BCUT2D eigenvalue weighted by Gasteiger charge is 2.21.